The van der Waals surface area contributed by atoms with Crippen LogP contribution >= 0.6 is 0 Å². The lowest BCUT2D eigenvalue weighted by atomic mass is 10.0. The minimum atomic E-state index is -0.206. The van der Waals surface area contributed by atoms with Crippen molar-refractivity contribution in [2.75, 3.05) is 6.61 Å². The highest BCUT2D eigenvalue weighted by Gasteiger charge is 2.46. The summed E-state index contributed by atoms with van der Waals surface area (Å²) in [5.41, 5.74) is 1.55. The predicted molar refractivity (Wildman–Crippen MR) is 52.3 cm³/mol. The van der Waals surface area contributed by atoms with Crippen LogP contribution in [0.1, 0.15) is 34.1 Å². The van der Waals surface area contributed by atoms with Gasteiger partial charge in [-0.15, -0.1) is 0 Å². The molecule has 13 heavy (non-hydrogen) atoms. The number of carbonyl (C=O) groups is 1. The fourth-order valence-corrected chi connectivity index (χ4v) is 1.71. The van der Waals surface area contributed by atoms with E-state index in [2.05, 4.69) is 13.8 Å². The maximum absolute atomic E-state index is 11.1. The van der Waals surface area contributed by atoms with Crippen molar-refractivity contribution in [2.45, 2.75) is 34.1 Å². The van der Waals surface area contributed by atoms with Gasteiger partial charge in [-0.05, 0) is 31.6 Å². The van der Waals surface area contributed by atoms with Crippen molar-refractivity contribution in [1.82, 2.24) is 0 Å². The number of hydrogen-bond donors (Lipinski definition) is 0. The molecule has 0 saturated heterocycles. The third-order valence-corrected chi connectivity index (χ3v) is 2.70. The molecule has 0 amide bonds. The van der Waals surface area contributed by atoms with Crippen LogP contribution in [0.2, 0.25) is 0 Å². The molecule has 2 heteroatoms. The van der Waals surface area contributed by atoms with Gasteiger partial charge in [-0.2, -0.15) is 0 Å². The predicted octanol–water partition coefficient (Wildman–Crippen LogP) is 2.54. The lowest BCUT2D eigenvalue weighted by Gasteiger charge is -2.03. The van der Waals surface area contributed by atoms with Gasteiger partial charge in [-0.25, -0.2) is 4.79 Å². The first-order valence-electron chi connectivity index (χ1n) is 4.82. The van der Waals surface area contributed by atoms with Crippen molar-refractivity contribution in [3.63, 3.8) is 0 Å². The van der Waals surface area contributed by atoms with E-state index in [-0.39, 0.29) is 5.97 Å². The summed E-state index contributed by atoms with van der Waals surface area (Å²) < 4.78 is 4.84. The summed E-state index contributed by atoms with van der Waals surface area (Å²) in [5.74, 6) is 0.375. The van der Waals surface area contributed by atoms with Gasteiger partial charge in [0.25, 0.3) is 0 Å². The fraction of sp³-hybridized carbons (Fsp3) is 0.727. The van der Waals surface area contributed by atoms with Gasteiger partial charge in [0.05, 0.1) is 6.61 Å². The van der Waals surface area contributed by atoms with Crippen molar-refractivity contribution in [1.29, 1.82) is 0 Å². The van der Waals surface area contributed by atoms with Gasteiger partial charge in [0, 0.05) is 6.08 Å². The van der Waals surface area contributed by atoms with Gasteiger partial charge in [-0.3, -0.25) is 0 Å². The largest absolute Gasteiger partial charge is 0.463 e. The van der Waals surface area contributed by atoms with Gasteiger partial charge in [0.15, 0.2) is 0 Å². The highest BCUT2D eigenvalue weighted by atomic mass is 16.5. The Hall–Kier alpha value is -0.790. The van der Waals surface area contributed by atoms with Crippen molar-refractivity contribution in [3.05, 3.63) is 11.6 Å². The first-order chi connectivity index (χ1) is 5.97. The molecule has 0 aliphatic heterocycles. The van der Waals surface area contributed by atoms with Gasteiger partial charge in [0.2, 0.25) is 0 Å². The highest BCUT2D eigenvalue weighted by molar-refractivity contribution is 5.82. The lowest BCUT2D eigenvalue weighted by Crippen LogP contribution is -2.02. The average molecular weight is 182 g/mol. The van der Waals surface area contributed by atoms with Crippen LogP contribution in [0.4, 0.5) is 0 Å². The molecule has 0 bridgehead atoms. The standard InChI is InChI=1S/C11H18O2/c1-5-13-10(12)6-8(2)9-7-11(9,3)4/h6,9H,5,7H2,1-4H3/b8-6+. The first kappa shape index (κ1) is 10.3. The summed E-state index contributed by atoms with van der Waals surface area (Å²) in [6, 6.07) is 0. The zero-order chi connectivity index (χ0) is 10.1. The number of hydrogen-bond acceptors (Lipinski definition) is 2. The monoisotopic (exact) mass is 182 g/mol. The van der Waals surface area contributed by atoms with Crippen LogP contribution < -0.4 is 0 Å². The number of allylic oxidation sites excluding steroid dienone is 1. The molecule has 2 nitrogen and oxygen atoms in total. The van der Waals surface area contributed by atoms with E-state index in [0.717, 1.165) is 5.57 Å². The third-order valence-electron chi connectivity index (χ3n) is 2.70. The summed E-state index contributed by atoms with van der Waals surface area (Å²) in [6.07, 6.45) is 2.82. The minimum Gasteiger partial charge on any atom is -0.463 e. The summed E-state index contributed by atoms with van der Waals surface area (Å²) in [6.45, 7) is 8.73. The molecule has 74 valence electrons. The molecule has 0 radical (unpaired) electrons. The van der Waals surface area contributed by atoms with Crippen LogP contribution in [0.25, 0.3) is 0 Å². The van der Waals surface area contributed by atoms with Crippen LogP contribution in [-0.4, -0.2) is 12.6 Å². The molecule has 1 atom stereocenters. The maximum atomic E-state index is 11.1. The molecule has 0 N–H and O–H groups in total. The smallest absolute Gasteiger partial charge is 0.330 e. The second-order valence-electron chi connectivity index (χ2n) is 4.39. The van der Waals surface area contributed by atoms with Crippen LogP contribution in [0.3, 0.4) is 0 Å². The molecule has 0 heterocycles. The summed E-state index contributed by atoms with van der Waals surface area (Å²) in [7, 11) is 0. The van der Waals surface area contributed by atoms with Crippen molar-refractivity contribution in [2.24, 2.45) is 11.3 Å². The Balaban J connectivity index is 2.48. The molecule has 1 aliphatic rings. The van der Waals surface area contributed by atoms with Crippen molar-refractivity contribution in [3.8, 4) is 0 Å². The number of carbonyl (C=O) groups excluding carboxylic acids is 1. The first-order valence-corrected chi connectivity index (χ1v) is 4.82. The molecule has 0 aromatic carbocycles. The van der Waals surface area contributed by atoms with E-state index >= 15 is 0 Å². The second-order valence-corrected chi connectivity index (χ2v) is 4.39. The molecule has 0 spiro atoms. The van der Waals surface area contributed by atoms with Crippen molar-refractivity contribution >= 4 is 5.97 Å². The molecule has 1 fully saturated rings. The molecule has 0 aromatic rings. The number of esters is 1. The maximum Gasteiger partial charge on any atom is 0.330 e. The minimum absolute atomic E-state index is 0.206. The van der Waals surface area contributed by atoms with E-state index in [0.29, 0.717) is 17.9 Å². The Morgan fingerprint density at radius 1 is 1.62 bits per heavy atom. The molecule has 1 unspecified atom stereocenters. The SMILES string of the molecule is CCOC(=O)/C=C(\C)C1CC1(C)C. The van der Waals surface area contributed by atoms with Crippen LogP contribution in [-0.2, 0) is 9.53 Å². The van der Waals surface area contributed by atoms with E-state index in [9.17, 15) is 4.79 Å². The van der Waals surface area contributed by atoms with Gasteiger partial charge >= 0.3 is 5.97 Å². The summed E-state index contributed by atoms with van der Waals surface area (Å²) in [4.78, 5) is 11.1. The fourth-order valence-electron chi connectivity index (χ4n) is 1.71. The topological polar surface area (TPSA) is 26.3 Å². The van der Waals surface area contributed by atoms with Crippen LogP contribution in [0.5, 0.6) is 0 Å². The molecular weight excluding hydrogens is 164 g/mol. The number of ether oxygens (including phenoxy) is 1. The molecule has 1 rings (SSSR count). The van der Waals surface area contributed by atoms with Crippen LogP contribution in [0.15, 0.2) is 11.6 Å². The molecule has 0 aromatic heterocycles. The van der Waals surface area contributed by atoms with Gasteiger partial charge in [-0.1, -0.05) is 19.4 Å². The van der Waals surface area contributed by atoms with E-state index in [1.807, 2.05) is 13.8 Å². The molecule has 1 saturated carbocycles. The van der Waals surface area contributed by atoms with E-state index < -0.39 is 0 Å². The lowest BCUT2D eigenvalue weighted by molar-refractivity contribution is -0.137. The molecule has 1 aliphatic carbocycles. The Morgan fingerprint density at radius 3 is 2.54 bits per heavy atom. The van der Waals surface area contributed by atoms with Crippen LogP contribution in [0, 0.1) is 11.3 Å². The van der Waals surface area contributed by atoms with Gasteiger partial charge < -0.3 is 4.74 Å². The Morgan fingerprint density at radius 2 is 2.15 bits per heavy atom. The van der Waals surface area contributed by atoms with E-state index in [4.69, 9.17) is 4.74 Å². The summed E-state index contributed by atoms with van der Waals surface area (Å²) in [5, 5.41) is 0. The zero-order valence-electron chi connectivity index (χ0n) is 8.89. The Bertz CT molecular complexity index is 238. The summed E-state index contributed by atoms with van der Waals surface area (Å²) >= 11 is 0. The van der Waals surface area contributed by atoms with Gasteiger partial charge in [0.1, 0.15) is 0 Å². The van der Waals surface area contributed by atoms with Crippen molar-refractivity contribution < 1.29 is 9.53 Å². The quantitative estimate of drug-likeness (QED) is 0.495. The Labute approximate surface area is 80.0 Å². The molecular formula is C11H18O2. The number of rotatable bonds is 3. The highest BCUT2D eigenvalue weighted by Crippen LogP contribution is 2.55. The third kappa shape index (κ3) is 2.58. The zero-order valence-corrected chi connectivity index (χ0v) is 8.89. The van der Waals surface area contributed by atoms with E-state index in [1.165, 1.54) is 6.42 Å². The Kier molecular flexibility index (Phi) is 2.79. The van der Waals surface area contributed by atoms with E-state index in [1.54, 1.807) is 6.08 Å². The average Bonchev–Trinajstić information content (AvgIpc) is 2.60. The second kappa shape index (κ2) is 3.52. The normalized spacial score (nSPS) is 25.5.